The van der Waals surface area contributed by atoms with Gasteiger partial charge in [0.2, 0.25) is 5.91 Å². The Hall–Kier alpha value is -3.35. The van der Waals surface area contributed by atoms with E-state index >= 15 is 0 Å². The van der Waals surface area contributed by atoms with Gasteiger partial charge in [0.15, 0.2) is 0 Å². The molecule has 0 unspecified atom stereocenters. The number of carboxylic acids is 1. The second-order valence-corrected chi connectivity index (χ2v) is 8.92. The molecule has 0 bridgehead atoms. The Morgan fingerprint density at radius 1 is 1.03 bits per heavy atom. The van der Waals surface area contributed by atoms with Crippen LogP contribution in [0.4, 0.5) is 4.79 Å². The molecule has 2 amide bonds. The number of hydrogen-bond acceptors (Lipinski definition) is 4. The summed E-state index contributed by atoms with van der Waals surface area (Å²) >= 11 is 0. The summed E-state index contributed by atoms with van der Waals surface area (Å²) in [6.07, 6.45) is 0.838. The minimum atomic E-state index is -1.23. The quantitative estimate of drug-likeness (QED) is 0.614. The first kappa shape index (κ1) is 21.9. The van der Waals surface area contributed by atoms with Crippen LogP contribution in [0.15, 0.2) is 48.5 Å². The minimum Gasteiger partial charge on any atom is -0.480 e. The van der Waals surface area contributed by atoms with Crippen molar-refractivity contribution in [1.29, 1.82) is 0 Å². The molecule has 3 N–H and O–H groups in total. The Balaban J connectivity index is 1.41. The molecule has 32 heavy (non-hydrogen) atoms. The van der Waals surface area contributed by atoms with Gasteiger partial charge in [-0.15, -0.1) is 0 Å². The number of rotatable bonds is 7. The Bertz CT molecular complexity index is 999. The summed E-state index contributed by atoms with van der Waals surface area (Å²) in [5.41, 5.74) is 3.25. The maximum Gasteiger partial charge on any atom is 0.407 e. The Morgan fingerprint density at radius 2 is 1.59 bits per heavy atom. The van der Waals surface area contributed by atoms with Crippen molar-refractivity contribution >= 4 is 18.0 Å². The van der Waals surface area contributed by atoms with Crippen molar-refractivity contribution in [3.63, 3.8) is 0 Å². The second kappa shape index (κ2) is 8.65. The highest BCUT2D eigenvalue weighted by Gasteiger charge is 2.47. The number of alkyl carbamates (subject to hydrolysis) is 1. The number of carboxylic acid groups (broad SMARTS) is 1. The van der Waals surface area contributed by atoms with Gasteiger partial charge in [0.05, 0.1) is 0 Å². The normalized spacial score (nSPS) is 17.0. The lowest BCUT2D eigenvalue weighted by Crippen LogP contribution is -2.63. The van der Waals surface area contributed by atoms with Crippen molar-refractivity contribution in [2.24, 2.45) is 5.92 Å². The fourth-order valence-corrected chi connectivity index (χ4v) is 4.54. The molecule has 0 saturated heterocycles. The highest BCUT2D eigenvalue weighted by atomic mass is 16.5. The van der Waals surface area contributed by atoms with Gasteiger partial charge in [-0.05, 0) is 47.4 Å². The number of ether oxygens (including phenoxy) is 1. The van der Waals surface area contributed by atoms with Crippen LogP contribution < -0.4 is 10.6 Å². The lowest BCUT2D eigenvalue weighted by Gasteiger charge is -2.39. The van der Waals surface area contributed by atoms with E-state index in [1.165, 1.54) is 0 Å². The van der Waals surface area contributed by atoms with Crippen molar-refractivity contribution in [2.75, 3.05) is 6.61 Å². The monoisotopic (exact) mass is 436 g/mol. The largest absolute Gasteiger partial charge is 0.480 e. The van der Waals surface area contributed by atoms with E-state index in [4.69, 9.17) is 4.74 Å². The number of hydrogen-bond donors (Lipinski definition) is 3. The van der Waals surface area contributed by atoms with Crippen LogP contribution >= 0.6 is 0 Å². The third-order valence-corrected chi connectivity index (χ3v) is 6.55. The summed E-state index contributed by atoms with van der Waals surface area (Å²) < 4.78 is 5.54. The minimum absolute atomic E-state index is 0.0790. The summed E-state index contributed by atoms with van der Waals surface area (Å²) in [7, 11) is 0. The van der Waals surface area contributed by atoms with Gasteiger partial charge in [0.25, 0.3) is 0 Å². The standard InChI is InChI=1S/C25H28N2O5/c1-15(2)21(22(28)27-25(23(29)30)12-7-13-25)26-24(31)32-14-20-18-10-5-3-8-16(18)17-9-4-6-11-19(17)20/h3-6,8-11,15,20-21H,7,12-14H2,1-2H3,(H,26,31)(H,27,28)(H,29,30)/t21-/m1/s1. The van der Waals surface area contributed by atoms with Crippen molar-refractivity contribution in [3.8, 4) is 11.1 Å². The van der Waals surface area contributed by atoms with Gasteiger partial charge in [-0.25, -0.2) is 9.59 Å². The maximum atomic E-state index is 12.8. The SMILES string of the molecule is CC(C)[C@@H](NC(=O)OCC1c2ccccc2-c2ccccc21)C(=O)NC1(C(=O)O)CCC1. The molecule has 7 nitrogen and oxygen atoms in total. The fraction of sp³-hybridized carbons (Fsp3) is 0.400. The first-order chi connectivity index (χ1) is 15.3. The van der Waals surface area contributed by atoms with Gasteiger partial charge in [0, 0.05) is 5.92 Å². The Labute approximate surface area is 187 Å². The van der Waals surface area contributed by atoms with Gasteiger partial charge < -0.3 is 20.5 Å². The molecule has 2 aromatic rings. The molecule has 0 aliphatic heterocycles. The molecular weight excluding hydrogens is 408 g/mol. The average molecular weight is 437 g/mol. The van der Waals surface area contributed by atoms with E-state index in [0.29, 0.717) is 12.8 Å². The smallest absolute Gasteiger partial charge is 0.407 e. The molecule has 0 aromatic heterocycles. The average Bonchev–Trinajstić information content (AvgIpc) is 3.06. The van der Waals surface area contributed by atoms with E-state index in [1.807, 2.05) is 36.4 Å². The van der Waals surface area contributed by atoms with Gasteiger partial charge in [-0.3, -0.25) is 4.79 Å². The van der Waals surface area contributed by atoms with E-state index in [2.05, 4.69) is 22.8 Å². The second-order valence-electron chi connectivity index (χ2n) is 8.92. The van der Waals surface area contributed by atoms with Crippen LogP contribution in [-0.4, -0.2) is 41.3 Å². The lowest BCUT2D eigenvalue weighted by atomic mass is 9.76. The van der Waals surface area contributed by atoms with Gasteiger partial charge in [0.1, 0.15) is 18.2 Å². The molecule has 1 fully saturated rings. The zero-order valence-electron chi connectivity index (χ0n) is 18.3. The Kier molecular flexibility index (Phi) is 5.91. The first-order valence-electron chi connectivity index (χ1n) is 11.0. The third kappa shape index (κ3) is 3.95. The van der Waals surface area contributed by atoms with E-state index in [9.17, 15) is 19.5 Å². The highest BCUT2D eigenvalue weighted by Crippen LogP contribution is 2.44. The predicted molar refractivity (Wildman–Crippen MR) is 119 cm³/mol. The van der Waals surface area contributed by atoms with E-state index < -0.39 is 29.6 Å². The summed E-state index contributed by atoms with van der Waals surface area (Å²) in [4.78, 5) is 37.0. The molecule has 2 aromatic carbocycles. The molecule has 2 aliphatic carbocycles. The molecule has 0 heterocycles. The van der Waals surface area contributed by atoms with Gasteiger partial charge in [-0.2, -0.15) is 0 Å². The van der Waals surface area contributed by atoms with Crippen LogP contribution in [0.1, 0.15) is 50.2 Å². The number of carbonyl (C=O) groups is 3. The zero-order valence-corrected chi connectivity index (χ0v) is 18.3. The van der Waals surface area contributed by atoms with Crippen molar-refractivity contribution in [3.05, 3.63) is 59.7 Å². The molecule has 1 saturated carbocycles. The van der Waals surface area contributed by atoms with Crippen LogP contribution in [0.25, 0.3) is 11.1 Å². The molecule has 2 aliphatic rings. The summed E-state index contributed by atoms with van der Waals surface area (Å²) in [5, 5.41) is 14.7. The molecule has 168 valence electrons. The molecule has 4 rings (SSSR count). The molecular formula is C25H28N2O5. The van der Waals surface area contributed by atoms with Crippen molar-refractivity contribution in [1.82, 2.24) is 10.6 Å². The highest BCUT2D eigenvalue weighted by molar-refractivity contribution is 5.92. The summed E-state index contributed by atoms with van der Waals surface area (Å²) in [6.45, 7) is 3.73. The van der Waals surface area contributed by atoms with Crippen LogP contribution in [0.5, 0.6) is 0 Å². The number of amides is 2. The van der Waals surface area contributed by atoms with Crippen LogP contribution in [-0.2, 0) is 14.3 Å². The van der Waals surface area contributed by atoms with E-state index in [-0.39, 0.29) is 18.4 Å². The first-order valence-corrected chi connectivity index (χ1v) is 11.0. The maximum absolute atomic E-state index is 12.8. The predicted octanol–water partition coefficient (Wildman–Crippen LogP) is 3.67. The Morgan fingerprint density at radius 3 is 2.06 bits per heavy atom. The van der Waals surface area contributed by atoms with E-state index in [1.54, 1.807) is 13.8 Å². The molecule has 7 heteroatoms. The number of nitrogens with one attached hydrogen (secondary N) is 2. The number of benzene rings is 2. The fourth-order valence-electron chi connectivity index (χ4n) is 4.54. The van der Waals surface area contributed by atoms with Crippen molar-refractivity contribution < 1.29 is 24.2 Å². The number of fused-ring (bicyclic) bond motifs is 3. The molecule has 1 atom stereocenters. The molecule has 0 radical (unpaired) electrons. The zero-order chi connectivity index (χ0) is 22.9. The van der Waals surface area contributed by atoms with Crippen LogP contribution in [0.3, 0.4) is 0 Å². The van der Waals surface area contributed by atoms with Crippen LogP contribution in [0, 0.1) is 5.92 Å². The topological polar surface area (TPSA) is 105 Å². The number of aliphatic carboxylic acids is 1. The van der Waals surface area contributed by atoms with Crippen LogP contribution in [0.2, 0.25) is 0 Å². The summed E-state index contributed by atoms with van der Waals surface area (Å²) in [6, 6.07) is 15.2. The van der Waals surface area contributed by atoms with Gasteiger partial charge in [-0.1, -0.05) is 62.4 Å². The van der Waals surface area contributed by atoms with Crippen molar-refractivity contribution in [2.45, 2.75) is 50.6 Å². The summed E-state index contributed by atoms with van der Waals surface area (Å²) in [5.74, 6) is -1.86. The number of carbonyl (C=O) groups excluding carboxylic acids is 2. The van der Waals surface area contributed by atoms with E-state index in [0.717, 1.165) is 28.7 Å². The van der Waals surface area contributed by atoms with Gasteiger partial charge >= 0.3 is 12.1 Å². The molecule has 0 spiro atoms. The third-order valence-electron chi connectivity index (χ3n) is 6.55. The lowest BCUT2D eigenvalue weighted by molar-refractivity contribution is -0.152.